The highest BCUT2D eigenvalue weighted by molar-refractivity contribution is 5.82. The van der Waals surface area contributed by atoms with Crippen molar-refractivity contribution in [1.29, 1.82) is 0 Å². The van der Waals surface area contributed by atoms with Crippen LogP contribution in [0.4, 0.5) is 0 Å². The number of carbonyl (C=O) groups excluding carboxylic acids is 2. The molecule has 0 aliphatic rings. The molecule has 0 atom stereocenters. The van der Waals surface area contributed by atoms with Crippen molar-refractivity contribution in [2.75, 3.05) is 13.1 Å². The smallest absolute Gasteiger partial charge is 0.225 e. The van der Waals surface area contributed by atoms with E-state index in [1.54, 1.807) is 0 Å². The first-order valence-corrected chi connectivity index (χ1v) is 6.43. The highest BCUT2D eigenvalue weighted by atomic mass is 16.2. The molecule has 2 N–H and O–H groups in total. The Morgan fingerprint density at radius 3 is 2.18 bits per heavy atom. The zero-order chi connectivity index (χ0) is 13.3. The Hall–Kier alpha value is -1.06. The van der Waals surface area contributed by atoms with Crippen LogP contribution in [-0.4, -0.2) is 24.9 Å². The van der Waals surface area contributed by atoms with Gasteiger partial charge in [0, 0.05) is 24.9 Å². The van der Waals surface area contributed by atoms with Crippen molar-refractivity contribution >= 4 is 11.8 Å². The van der Waals surface area contributed by atoms with E-state index in [1.165, 1.54) is 0 Å². The third-order valence-corrected chi connectivity index (χ3v) is 2.42. The fraction of sp³-hybridized carbons (Fsp3) is 0.846. The maximum Gasteiger partial charge on any atom is 0.225 e. The lowest BCUT2D eigenvalue weighted by Crippen LogP contribution is -2.37. The molecule has 0 saturated carbocycles. The molecule has 0 unspecified atom stereocenters. The summed E-state index contributed by atoms with van der Waals surface area (Å²) in [5.41, 5.74) is -0.391. The van der Waals surface area contributed by atoms with Gasteiger partial charge in [0.2, 0.25) is 11.8 Å². The Morgan fingerprint density at radius 2 is 1.65 bits per heavy atom. The quantitative estimate of drug-likeness (QED) is 0.669. The van der Waals surface area contributed by atoms with Gasteiger partial charge in [-0.1, -0.05) is 40.5 Å². The maximum absolute atomic E-state index is 11.5. The van der Waals surface area contributed by atoms with Gasteiger partial charge in [0.25, 0.3) is 0 Å². The molecule has 0 bridgehead atoms. The molecule has 0 aromatic rings. The number of hydrogen-bond acceptors (Lipinski definition) is 2. The summed E-state index contributed by atoms with van der Waals surface area (Å²) in [7, 11) is 0. The minimum Gasteiger partial charge on any atom is -0.356 e. The van der Waals surface area contributed by atoms with Crippen LogP contribution in [0.15, 0.2) is 0 Å². The lowest BCUT2D eigenvalue weighted by atomic mass is 9.96. The van der Waals surface area contributed by atoms with Crippen LogP contribution in [0.25, 0.3) is 0 Å². The van der Waals surface area contributed by atoms with Crippen LogP contribution in [0, 0.1) is 5.41 Å². The molecule has 100 valence electrons. The molecule has 4 nitrogen and oxygen atoms in total. The Kier molecular flexibility index (Phi) is 7.59. The first kappa shape index (κ1) is 15.9. The number of nitrogens with one attached hydrogen (secondary N) is 2. The summed E-state index contributed by atoms with van der Waals surface area (Å²) in [5, 5.41) is 5.60. The van der Waals surface area contributed by atoms with E-state index in [4.69, 9.17) is 0 Å². The van der Waals surface area contributed by atoms with Crippen LogP contribution < -0.4 is 10.6 Å². The molecule has 0 rings (SSSR count). The van der Waals surface area contributed by atoms with Gasteiger partial charge in [-0.3, -0.25) is 9.59 Å². The molecule has 17 heavy (non-hydrogen) atoms. The highest BCUT2D eigenvalue weighted by Gasteiger charge is 2.20. The van der Waals surface area contributed by atoms with Gasteiger partial charge in [-0.15, -0.1) is 0 Å². The molecule has 4 heteroatoms. The topological polar surface area (TPSA) is 58.2 Å². The minimum absolute atomic E-state index is 0.00955. The Bertz CT molecular complexity index is 244. The van der Waals surface area contributed by atoms with Crippen molar-refractivity contribution in [2.45, 2.75) is 53.4 Å². The SMILES string of the molecule is CCCCCNC(=O)CCNC(=O)C(C)(C)C. The predicted molar refractivity (Wildman–Crippen MR) is 69.6 cm³/mol. The first-order chi connectivity index (χ1) is 7.88. The van der Waals surface area contributed by atoms with E-state index < -0.39 is 5.41 Å². The third kappa shape index (κ3) is 8.72. The van der Waals surface area contributed by atoms with E-state index in [-0.39, 0.29) is 11.8 Å². The van der Waals surface area contributed by atoms with Crippen LogP contribution in [-0.2, 0) is 9.59 Å². The molecule has 0 aliphatic heterocycles. The predicted octanol–water partition coefficient (Wildman–Crippen LogP) is 1.85. The molecule has 0 heterocycles. The number of amides is 2. The molecule has 2 amide bonds. The van der Waals surface area contributed by atoms with Crippen molar-refractivity contribution in [2.24, 2.45) is 5.41 Å². The van der Waals surface area contributed by atoms with E-state index in [0.717, 1.165) is 25.8 Å². The van der Waals surface area contributed by atoms with E-state index >= 15 is 0 Å². The minimum atomic E-state index is -0.391. The van der Waals surface area contributed by atoms with Crippen molar-refractivity contribution in [3.8, 4) is 0 Å². The van der Waals surface area contributed by atoms with E-state index in [2.05, 4.69) is 17.6 Å². The second-order valence-corrected chi connectivity index (χ2v) is 5.31. The molecule has 0 aromatic heterocycles. The average Bonchev–Trinajstić information content (AvgIpc) is 2.23. The standard InChI is InChI=1S/C13H26N2O2/c1-5-6-7-9-14-11(16)8-10-15-12(17)13(2,3)4/h5-10H2,1-4H3,(H,14,16)(H,15,17). The number of carbonyl (C=O) groups is 2. The molecule has 0 saturated heterocycles. The second kappa shape index (κ2) is 8.09. The molecule has 0 aliphatic carbocycles. The van der Waals surface area contributed by atoms with Crippen molar-refractivity contribution < 1.29 is 9.59 Å². The zero-order valence-corrected chi connectivity index (χ0v) is 11.6. The van der Waals surface area contributed by atoms with Gasteiger partial charge in [-0.2, -0.15) is 0 Å². The summed E-state index contributed by atoms with van der Waals surface area (Å²) < 4.78 is 0. The largest absolute Gasteiger partial charge is 0.356 e. The lowest BCUT2D eigenvalue weighted by molar-refractivity contribution is -0.128. The summed E-state index contributed by atoms with van der Waals surface area (Å²) in [5.74, 6) is -0.00778. The highest BCUT2D eigenvalue weighted by Crippen LogP contribution is 2.11. The Morgan fingerprint density at radius 1 is 1.00 bits per heavy atom. The molecule has 0 fully saturated rings. The Labute approximate surface area is 105 Å². The van der Waals surface area contributed by atoms with Crippen molar-refractivity contribution in [3.63, 3.8) is 0 Å². The number of hydrogen-bond donors (Lipinski definition) is 2. The maximum atomic E-state index is 11.5. The van der Waals surface area contributed by atoms with E-state index in [9.17, 15) is 9.59 Å². The fourth-order valence-corrected chi connectivity index (χ4v) is 1.25. The van der Waals surface area contributed by atoms with Gasteiger partial charge in [0.1, 0.15) is 0 Å². The first-order valence-electron chi connectivity index (χ1n) is 6.43. The van der Waals surface area contributed by atoms with Gasteiger partial charge in [0.15, 0.2) is 0 Å². The summed E-state index contributed by atoms with van der Waals surface area (Å²) in [6, 6.07) is 0. The van der Waals surface area contributed by atoms with Gasteiger partial charge in [0.05, 0.1) is 0 Å². The van der Waals surface area contributed by atoms with Gasteiger partial charge >= 0.3 is 0 Å². The average molecular weight is 242 g/mol. The number of rotatable bonds is 7. The van der Waals surface area contributed by atoms with Crippen LogP contribution in [0.1, 0.15) is 53.4 Å². The third-order valence-electron chi connectivity index (χ3n) is 2.42. The molecule has 0 aromatic carbocycles. The summed E-state index contributed by atoms with van der Waals surface area (Å²) in [6.07, 6.45) is 3.67. The molecular formula is C13H26N2O2. The monoisotopic (exact) mass is 242 g/mol. The van der Waals surface area contributed by atoms with Crippen molar-refractivity contribution in [1.82, 2.24) is 10.6 Å². The van der Waals surface area contributed by atoms with Crippen molar-refractivity contribution in [3.05, 3.63) is 0 Å². The van der Waals surface area contributed by atoms with Crippen LogP contribution in [0.3, 0.4) is 0 Å². The van der Waals surface area contributed by atoms with Crippen LogP contribution >= 0.6 is 0 Å². The summed E-state index contributed by atoms with van der Waals surface area (Å²) in [4.78, 5) is 22.9. The molecule has 0 radical (unpaired) electrons. The number of unbranched alkanes of at least 4 members (excludes halogenated alkanes) is 2. The summed E-state index contributed by atoms with van der Waals surface area (Å²) in [6.45, 7) is 8.84. The second-order valence-electron chi connectivity index (χ2n) is 5.31. The van der Waals surface area contributed by atoms with E-state index in [1.807, 2.05) is 20.8 Å². The zero-order valence-electron chi connectivity index (χ0n) is 11.6. The van der Waals surface area contributed by atoms with E-state index in [0.29, 0.717) is 13.0 Å². The Balaban J connectivity index is 3.55. The lowest BCUT2D eigenvalue weighted by Gasteiger charge is -2.17. The van der Waals surface area contributed by atoms with Gasteiger partial charge < -0.3 is 10.6 Å². The molecule has 0 spiro atoms. The van der Waals surface area contributed by atoms with Crippen LogP contribution in [0.5, 0.6) is 0 Å². The fourth-order valence-electron chi connectivity index (χ4n) is 1.25. The molecular weight excluding hydrogens is 216 g/mol. The normalized spacial score (nSPS) is 11.1. The summed E-state index contributed by atoms with van der Waals surface area (Å²) >= 11 is 0. The van der Waals surface area contributed by atoms with Gasteiger partial charge in [-0.25, -0.2) is 0 Å². The van der Waals surface area contributed by atoms with Gasteiger partial charge in [-0.05, 0) is 6.42 Å². The van der Waals surface area contributed by atoms with Crippen LogP contribution in [0.2, 0.25) is 0 Å².